The molecule has 0 bridgehead atoms. The van der Waals surface area contributed by atoms with Crippen molar-refractivity contribution in [3.05, 3.63) is 23.8 Å². The Labute approximate surface area is 62.5 Å². The van der Waals surface area contributed by atoms with Crippen molar-refractivity contribution in [3.63, 3.8) is 0 Å². The van der Waals surface area contributed by atoms with E-state index >= 15 is 0 Å². The van der Waals surface area contributed by atoms with E-state index in [1.165, 1.54) is 0 Å². The highest BCUT2D eigenvalue weighted by molar-refractivity contribution is 6.26. The lowest BCUT2D eigenvalue weighted by atomic mass is 10.1. The van der Waals surface area contributed by atoms with Crippen LogP contribution in [0, 0.1) is 0 Å². The molecule has 0 saturated heterocycles. The molecule has 1 N–H and O–H groups in total. The first kappa shape index (κ1) is 7.40. The molecule has 0 aromatic rings. The van der Waals surface area contributed by atoms with Crippen LogP contribution < -0.4 is 0 Å². The molecule has 0 heterocycles. The van der Waals surface area contributed by atoms with Crippen LogP contribution in [0.4, 0.5) is 0 Å². The summed E-state index contributed by atoms with van der Waals surface area (Å²) in [6.07, 6.45) is 4.35. The predicted molar refractivity (Wildman–Crippen MR) is 37.5 cm³/mol. The summed E-state index contributed by atoms with van der Waals surface area (Å²) in [6.45, 7) is 0. The van der Waals surface area contributed by atoms with Gasteiger partial charge in [0.15, 0.2) is 11.6 Å². The molecule has 1 rings (SSSR count). The molecule has 1 aliphatic rings. The molecule has 11 heavy (non-hydrogen) atoms. The lowest BCUT2D eigenvalue weighted by molar-refractivity contribution is -0.114. The Balaban J connectivity index is 2.93. The zero-order valence-electron chi connectivity index (χ0n) is 5.52. The van der Waals surface area contributed by atoms with Crippen LogP contribution in [0.3, 0.4) is 0 Å². The molecule has 0 unspecified atom stereocenters. The van der Waals surface area contributed by atoms with Gasteiger partial charge in [0, 0.05) is 5.57 Å². The Kier molecular flexibility index (Phi) is 1.96. The number of hydrogen-bond donors (Lipinski definition) is 1. The molecule has 4 heteroatoms. The summed E-state index contributed by atoms with van der Waals surface area (Å²) in [5, 5.41) is 10.7. The maximum atomic E-state index is 10.8. The number of carbonyl (C=O) groups is 2. The second kappa shape index (κ2) is 2.92. The monoisotopic (exact) mass is 151 g/mol. The van der Waals surface area contributed by atoms with Crippen molar-refractivity contribution >= 4 is 17.8 Å². The van der Waals surface area contributed by atoms with E-state index < -0.39 is 0 Å². The van der Waals surface area contributed by atoms with Gasteiger partial charge in [-0.05, 0) is 18.2 Å². The molecular weight excluding hydrogens is 146 g/mol. The summed E-state index contributed by atoms with van der Waals surface area (Å²) < 4.78 is 0. The van der Waals surface area contributed by atoms with Crippen LogP contribution in [0.25, 0.3) is 0 Å². The largest absolute Gasteiger partial charge is 0.411 e. The number of allylic oxidation sites excluding steroid dienone is 4. The van der Waals surface area contributed by atoms with Gasteiger partial charge in [0.1, 0.15) is 0 Å². The molecule has 56 valence electrons. The van der Waals surface area contributed by atoms with Gasteiger partial charge in [-0.15, -0.1) is 0 Å². The maximum Gasteiger partial charge on any atom is 0.187 e. The van der Waals surface area contributed by atoms with Crippen molar-refractivity contribution in [1.29, 1.82) is 0 Å². The third-order valence-corrected chi connectivity index (χ3v) is 1.18. The normalized spacial score (nSPS) is 17.6. The molecule has 0 atom stereocenters. The number of oxime groups is 1. The smallest absolute Gasteiger partial charge is 0.187 e. The van der Waals surface area contributed by atoms with Crippen molar-refractivity contribution in [1.82, 2.24) is 0 Å². The van der Waals surface area contributed by atoms with Gasteiger partial charge in [0.05, 0.1) is 6.21 Å². The Hall–Kier alpha value is -1.71. The van der Waals surface area contributed by atoms with Gasteiger partial charge < -0.3 is 5.21 Å². The van der Waals surface area contributed by atoms with Gasteiger partial charge in [0.2, 0.25) is 0 Å². The highest BCUT2D eigenvalue weighted by Crippen LogP contribution is 2.01. The summed E-state index contributed by atoms with van der Waals surface area (Å²) in [6, 6.07) is 0. The Morgan fingerprint density at radius 2 is 2.09 bits per heavy atom. The first-order valence-electron chi connectivity index (χ1n) is 2.89. The number of ketones is 2. The molecule has 0 radical (unpaired) electrons. The van der Waals surface area contributed by atoms with Crippen LogP contribution in [-0.2, 0) is 9.59 Å². The molecule has 0 aromatic heterocycles. The van der Waals surface area contributed by atoms with Crippen LogP contribution in [0.15, 0.2) is 29.0 Å². The second-order valence-electron chi connectivity index (χ2n) is 1.94. The third-order valence-electron chi connectivity index (χ3n) is 1.18. The molecule has 1 aliphatic carbocycles. The average molecular weight is 151 g/mol. The van der Waals surface area contributed by atoms with E-state index in [1.807, 2.05) is 0 Å². The summed E-state index contributed by atoms with van der Waals surface area (Å²) >= 11 is 0. The fourth-order valence-electron chi connectivity index (χ4n) is 0.690. The van der Waals surface area contributed by atoms with Crippen molar-refractivity contribution in [2.45, 2.75) is 0 Å². The first-order valence-corrected chi connectivity index (χ1v) is 2.89. The highest BCUT2D eigenvalue weighted by atomic mass is 16.4. The number of hydrogen-bond acceptors (Lipinski definition) is 4. The van der Waals surface area contributed by atoms with E-state index in [-0.39, 0.29) is 17.1 Å². The minimum Gasteiger partial charge on any atom is -0.411 e. The van der Waals surface area contributed by atoms with Gasteiger partial charge in [-0.1, -0.05) is 5.16 Å². The lowest BCUT2D eigenvalue weighted by Crippen LogP contribution is -2.08. The third kappa shape index (κ3) is 1.61. The van der Waals surface area contributed by atoms with Crippen molar-refractivity contribution in [2.75, 3.05) is 0 Å². The highest BCUT2D eigenvalue weighted by Gasteiger charge is 2.10. The Bertz CT molecular complexity index is 286. The zero-order chi connectivity index (χ0) is 8.27. The van der Waals surface area contributed by atoms with Crippen LogP contribution in [0.1, 0.15) is 0 Å². The SMILES string of the molecule is O=C1C=CC(=O)C(C=NO)=C1. The quantitative estimate of drug-likeness (QED) is 0.250. The summed E-state index contributed by atoms with van der Waals surface area (Å²) in [4.78, 5) is 21.5. The van der Waals surface area contributed by atoms with E-state index in [2.05, 4.69) is 5.16 Å². The molecule has 4 nitrogen and oxygen atoms in total. The van der Waals surface area contributed by atoms with Gasteiger partial charge in [-0.3, -0.25) is 9.59 Å². The van der Waals surface area contributed by atoms with E-state index in [0.29, 0.717) is 0 Å². The van der Waals surface area contributed by atoms with Crippen LogP contribution in [0.2, 0.25) is 0 Å². The first-order chi connectivity index (χ1) is 5.24. The standard InChI is InChI=1S/C7H5NO3/c9-6-1-2-7(10)5(3-6)4-8-11/h1-4,11H. The summed E-state index contributed by atoms with van der Waals surface area (Å²) in [5.74, 6) is -0.609. The fourth-order valence-corrected chi connectivity index (χ4v) is 0.690. The van der Waals surface area contributed by atoms with E-state index in [0.717, 1.165) is 24.4 Å². The topological polar surface area (TPSA) is 66.7 Å². The molecule has 0 aromatic carbocycles. The van der Waals surface area contributed by atoms with Gasteiger partial charge in [-0.2, -0.15) is 0 Å². The molecule has 0 fully saturated rings. The van der Waals surface area contributed by atoms with Crippen LogP contribution in [-0.4, -0.2) is 23.0 Å². The minimum atomic E-state index is -0.331. The Morgan fingerprint density at radius 1 is 1.36 bits per heavy atom. The number of carbonyl (C=O) groups excluding carboxylic acids is 2. The van der Waals surface area contributed by atoms with Crippen LogP contribution in [0.5, 0.6) is 0 Å². The maximum absolute atomic E-state index is 10.8. The van der Waals surface area contributed by atoms with Crippen molar-refractivity contribution in [3.8, 4) is 0 Å². The second-order valence-corrected chi connectivity index (χ2v) is 1.94. The lowest BCUT2D eigenvalue weighted by Gasteiger charge is -1.97. The molecular formula is C7H5NO3. The van der Waals surface area contributed by atoms with E-state index in [4.69, 9.17) is 5.21 Å². The predicted octanol–water partition coefficient (Wildman–Crippen LogP) is 0.0808. The van der Waals surface area contributed by atoms with E-state index in [9.17, 15) is 9.59 Å². The number of nitrogens with zero attached hydrogens (tertiary/aromatic N) is 1. The van der Waals surface area contributed by atoms with E-state index in [1.54, 1.807) is 0 Å². The summed E-state index contributed by atoms with van der Waals surface area (Å²) in [5.41, 5.74) is 0.0972. The molecule has 0 spiro atoms. The van der Waals surface area contributed by atoms with Gasteiger partial charge in [-0.25, -0.2) is 0 Å². The average Bonchev–Trinajstić information content (AvgIpc) is 1.98. The van der Waals surface area contributed by atoms with Gasteiger partial charge in [0.25, 0.3) is 0 Å². The minimum absolute atomic E-state index is 0.0972. The van der Waals surface area contributed by atoms with Crippen molar-refractivity contribution in [2.24, 2.45) is 5.16 Å². The summed E-state index contributed by atoms with van der Waals surface area (Å²) in [7, 11) is 0. The molecule has 0 saturated carbocycles. The molecule has 0 amide bonds. The van der Waals surface area contributed by atoms with Crippen molar-refractivity contribution < 1.29 is 14.8 Å². The number of rotatable bonds is 1. The fraction of sp³-hybridized carbons (Fsp3) is 0. The van der Waals surface area contributed by atoms with Crippen LogP contribution >= 0.6 is 0 Å². The van der Waals surface area contributed by atoms with Gasteiger partial charge >= 0.3 is 0 Å². The molecule has 0 aliphatic heterocycles. The Morgan fingerprint density at radius 3 is 2.73 bits per heavy atom. The zero-order valence-corrected chi connectivity index (χ0v) is 5.52.